The molecule has 0 atom stereocenters. The van der Waals surface area contributed by atoms with E-state index in [1.807, 2.05) is 0 Å². The Morgan fingerprint density at radius 1 is 1.77 bits per heavy atom. The first-order valence-electron chi connectivity index (χ1n) is 3.02. The van der Waals surface area contributed by atoms with E-state index in [0.717, 1.165) is 6.20 Å². The fraction of sp³-hybridized carbons (Fsp3) is 0. The molecule has 2 N–H and O–H groups in total. The van der Waals surface area contributed by atoms with E-state index in [4.69, 9.17) is 16.7 Å². The van der Waals surface area contributed by atoms with E-state index in [0.29, 0.717) is 0 Å². The molecule has 0 amide bonds. The zero-order chi connectivity index (χ0) is 10.0. The third-order valence-electron chi connectivity index (χ3n) is 1.27. The van der Waals surface area contributed by atoms with Crippen LogP contribution in [0.2, 0.25) is 5.02 Å². The van der Waals surface area contributed by atoms with Crippen molar-refractivity contribution in [3.8, 4) is 0 Å². The Balaban J connectivity index is 3.38. The number of rotatable bonds is 2. The van der Waals surface area contributed by atoms with Crippen LogP contribution in [0, 0.1) is 5.82 Å². The molecule has 70 valence electrons. The Hall–Kier alpha value is -0.630. The third kappa shape index (κ3) is 1.99. The molecule has 1 heterocycles. The number of nitrogens with zero attached hydrogens (tertiary/aromatic N) is 1. The van der Waals surface area contributed by atoms with Crippen LogP contribution in [0.4, 0.5) is 10.1 Å². The second kappa shape index (κ2) is 4.05. The van der Waals surface area contributed by atoms with E-state index in [1.54, 1.807) is 22.9 Å². The summed E-state index contributed by atoms with van der Waals surface area (Å²) in [5.74, 6) is -2.02. The van der Waals surface area contributed by atoms with Crippen molar-refractivity contribution < 1.29 is 14.3 Å². The number of carboxylic acid groups (broad SMARTS) is 1. The highest BCUT2D eigenvalue weighted by molar-refractivity contribution is 14.1. The quantitative estimate of drug-likeness (QED) is 0.649. The van der Waals surface area contributed by atoms with E-state index in [-0.39, 0.29) is 16.4 Å². The molecule has 1 aromatic heterocycles. The molecule has 1 rings (SSSR count). The first-order valence-corrected chi connectivity index (χ1v) is 4.47. The first kappa shape index (κ1) is 10.5. The number of hydrogen-bond donors (Lipinski definition) is 2. The van der Waals surface area contributed by atoms with Gasteiger partial charge in [0.2, 0.25) is 0 Å². The summed E-state index contributed by atoms with van der Waals surface area (Å²) >= 11 is 7.15. The zero-order valence-corrected chi connectivity index (χ0v) is 8.93. The van der Waals surface area contributed by atoms with Crippen LogP contribution in [0.3, 0.4) is 0 Å². The number of aromatic carboxylic acids is 1. The summed E-state index contributed by atoms with van der Waals surface area (Å²) in [6.07, 6.45) is 0.767. The number of anilines is 1. The summed E-state index contributed by atoms with van der Waals surface area (Å²) in [6.45, 7) is 0. The van der Waals surface area contributed by atoms with Gasteiger partial charge in [-0.05, 0) is 0 Å². The molecule has 0 fully saturated rings. The Bertz CT molecular complexity index is 361. The smallest absolute Gasteiger partial charge is 0.356 e. The van der Waals surface area contributed by atoms with Crippen LogP contribution in [0.1, 0.15) is 10.5 Å². The van der Waals surface area contributed by atoms with Gasteiger partial charge in [0.25, 0.3) is 0 Å². The molecule has 0 aliphatic rings. The standard InChI is InChI=1S/C6H3ClFIN2O2/c7-3-2(8)1-10-5(6(12)13)4(3)11-9/h1,11H,(H,12,13). The van der Waals surface area contributed by atoms with Crippen LogP contribution < -0.4 is 3.53 Å². The number of hydrogen-bond acceptors (Lipinski definition) is 3. The van der Waals surface area contributed by atoms with E-state index in [9.17, 15) is 9.18 Å². The SMILES string of the molecule is O=C(O)c1ncc(F)c(Cl)c1NI. The van der Waals surface area contributed by atoms with Gasteiger partial charge in [0.15, 0.2) is 11.5 Å². The summed E-state index contributed by atoms with van der Waals surface area (Å²) in [5.41, 5.74) is -0.337. The fourth-order valence-electron chi connectivity index (χ4n) is 0.714. The molecule has 0 bridgehead atoms. The number of aromatic nitrogens is 1. The van der Waals surface area contributed by atoms with Gasteiger partial charge >= 0.3 is 5.97 Å². The average Bonchev–Trinajstić information content (AvgIpc) is 2.09. The predicted molar refractivity (Wildman–Crippen MR) is 53.8 cm³/mol. The van der Waals surface area contributed by atoms with Gasteiger partial charge in [-0.1, -0.05) is 11.6 Å². The summed E-state index contributed by atoms with van der Waals surface area (Å²) in [7, 11) is 0. The van der Waals surface area contributed by atoms with Gasteiger partial charge in [0.1, 0.15) is 5.02 Å². The van der Waals surface area contributed by atoms with Gasteiger partial charge in [0.05, 0.1) is 34.7 Å². The highest BCUT2D eigenvalue weighted by atomic mass is 127. The van der Waals surface area contributed by atoms with Gasteiger partial charge in [-0.25, -0.2) is 14.2 Å². The minimum atomic E-state index is -1.26. The van der Waals surface area contributed by atoms with E-state index in [2.05, 4.69) is 8.51 Å². The summed E-state index contributed by atoms with van der Waals surface area (Å²) < 4.78 is 15.2. The molecule has 0 unspecified atom stereocenters. The number of pyridine rings is 1. The normalized spacial score (nSPS) is 9.77. The summed E-state index contributed by atoms with van der Waals surface area (Å²) in [5, 5.41) is 8.35. The van der Waals surface area contributed by atoms with Crippen LogP contribution in [-0.4, -0.2) is 16.1 Å². The fourth-order valence-corrected chi connectivity index (χ4v) is 1.58. The molecule has 4 nitrogen and oxygen atoms in total. The van der Waals surface area contributed by atoms with Crippen LogP contribution in [0.25, 0.3) is 0 Å². The highest BCUT2D eigenvalue weighted by Gasteiger charge is 2.17. The van der Waals surface area contributed by atoms with Crippen molar-refractivity contribution in [2.24, 2.45) is 0 Å². The highest BCUT2D eigenvalue weighted by Crippen LogP contribution is 2.28. The molecule has 0 radical (unpaired) electrons. The lowest BCUT2D eigenvalue weighted by atomic mass is 10.3. The molecule has 0 saturated heterocycles. The van der Waals surface area contributed by atoms with Gasteiger partial charge < -0.3 is 8.64 Å². The van der Waals surface area contributed by atoms with E-state index in [1.165, 1.54) is 0 Å². The zero-order valence-electron chi connectivity index (χ0n) is 6.01. The Labute approximate surface area is 91.6 Å². The summed E-state index contributed by atoms with van der Waals surface area (Å²) in [4.78, 5) is 13.9. The molecule has 1 aromatic rings. The maximum absolute atomic E-state index is 12.8. The van der Waals surface area contributed by atoms with Crippen molar-refractivity contribution in [3.05, 3.63) is 22.7 Å². The van der Waals surface area contributed by atoms with Gasteiger partial charge in [-0.2, -0.15) is 0 Å². The topological polar surface area (TPSA) is 62.2 Å². The molecule has 0 aromatic carbocycles. The van der Waals surface area contributed by atoms with Crippen molar-refractivity contribution in [1.29, 1.82) is 0 Å². The molecular formula is C6H3ClFIN2O2. The van der Waals surface area contributed by atoms with E-state index >= 15 is 0 Å². The van der Waals surface area contributed by atoms with Crippen molar-refractivity contribution >= 4 is 46.1 Å². The molecular weight excluding hydrogens is 313 g/mol. The second-order valence-electron chi connectivity index (χ2n) is 2.04. The number of carboxylic acids is 1. The van der Waals surface area contributed by atoms with Gasteiger partial charge in [-0.15, -0.1) is 0 Å². The number of nitrogens with one attached hydrogen (secondary N) is 1. The van der Waals surface area contributed by atoms with Crippen molar-refractivity contribution in [2.75, 3.05) is 3.53 Å². The monoisotopic (exact) mass is 316 g/mol. The minimum Gasteiger partial charge on any atom is -0.476 e. The van der Waals surface area contributed by atoms with Crippen LogP contribution in [0.15, 0.2) is 6.20 Å². The van der Waals surface area contributed by atoms with Gasteiger partial charge in [-0.3, -0.25) is 0 Å². The largest absolute Gasteiger partial charge is 0.476 e. The van der Waals surface area contributed by atoms with Crippen LogP contribution in [-0.2, 0) is 0 Å². The minimum absolute atomic E-state index is 0.0326. The first-order chi connectivity index (χ1) is 6.07. The van der Waals surface area contributed by atoms with E-state index < -0.39 is 11.8 Å². The van der Waals surface area contributed by atoms with Crippen molar-refractivity contribution in [2.45, 2.75) is 0 Å². The molecule has 13 heavy (non-hydrogen) atoms. The number of halogens is 3. The van der Waals surface area contributed by atoms with Crippen molar-refractivity contribution in [1.82, 2.24) is 4.98 Å². The lowest BCUT2D eigenvalue weighted by molar-refractivity contribution is 0.0691. The lowest BCUT2D eigenvalue weighted by Crippen LogP contribution is -2.05. The third-order valence-corrected chi connectivity index (χ3v) is 2.18. The Morgan fingerprint density at radius 2 is 2.38 bits per heavy atom. The second-order valence-corrected chi connectivity index (χ2v) is 2.96. The Morgan fingerprint density at radius 3 is 2.85 bits per heavy atom. The molecule has 0 aliphatic heterocycles. The number of carbonyl (C=O) groups is 1. The van der Waals surface area contributed by atoms with Crippen molar-refractivity contribution in [3.63, 3.8) is 0 Å². The Kier molecular flexibility index (Phi) is 3.26. The molecule has 0 saturated carbocycles. The molecule has 7 heteroatoms. The molecule has 0 spiro atoms. The predicted octanol–water partition coefficient (Wildman–Crippen LogP) is 2.33. The summed E-state index contributed by atoms with van der Waals surface area (Å²) in [6, 6.07) is 0. The van der Waals surface area contributed by atoms with Crippen LogP contribution >= 0.6 is 34.5 Å². The maximum atomic E-state index is 12.8. The van der Waals surface area contributed by atoms with Gasteiger partial charge in [0, 0.05) is 0 Å². The average molecular weight is 316 g/mol. The lowest BCUT2D eigenvalue weighted by Gasteiger charge is -2.05. The molecule has 0 aliphatic carbocycles. The maximum Gasteiger partial charge on any atom is 0.356 e. The van der Waals surface area contributed by atoms with Crippen LogP contribution in [0.5, 0.6) is 0 Å².